The molecular formula is C42H45N3O7. The molecule has 0 aliphatic carbocycles. The molecule has 1 aromatic heterocycles. The van der Waals surface area contributed by atoms with E-state index in [2.05, 4.69) is 29.2 Å². The Morgan fingerprint density at radius 2 is 1.46 bits per heavy atom. The van der Waals surface area contributed by atoms with Crippen LogP contribution in [-0.4, -0.2) is 61.9 Å². The van der Waals surface area contributed by atoms with Crippen LogP contribution >= 0.6 is 0 Å². The van der Waals surface area contributed by atoms with Crippen molar-refractivity contribution in [2.24, 2.45) is 0 Å². The molecule has 270 valence electrons. The van der Waals surface area contributed by atoms with Gasteiger partial charge in [-0.1, -0.05) is 104 Å². The molecule has 52 heavy (non-hydrogen) atoms. The second kappa shape index (κ2) is 17.2. The van der Waals surface area contributed by atoms with Crippen molar-refractivity contribution in [3.05, 3.63) is 125 Å². The molecule has 1 unspecified atom stereocenters. The third-order valence-corrected chi connectivity index (χ3v) is 9.05. The van der Waals surface area contributed by atoms with Crippen LogP contribution in [-0.2, 0) is 27.5 Å². The Hall–Kier alpha value is -5.45. The van der Waals surface area contributed by atoms with E-state index in [1.54, 1.807) is 0 Å². The Morgan fingerprint density at radius 3 is 2.04 bits per heavy atom. The van der Waals surface area contributed by atoms with Gasteiger partial charge in [0.25, 0.3) is 5.91 Å². The van der Waals surface area contributed by atoms with Crippen LogP contribution in [0.3, 0.4) is 0 Å². The molecule has 1 atom stereocenters. The zero-order valence-corrected chi connectivity index (χ0v) is 30.1. The van der Waals surface area contributed by atoms with Crippen LogP contribution in [0.25, 0.3) is 22.5 Å². The molecule has 10 nitrogen and oxygen atoms in total. The van der Waals surface area contributed by atoms with Crippen molar-refractivity contribution >= 4 is 11.9 Å². The Labute approximate surface area is 304 Å². The number of amides is 1. The van der Waals surface area contributed by atoms with Crippen molar-refractivity contribution in [3.8, 4) is 33.9 Å². The van der Waals surface area contributed by atoms with Crippen LogP contribution in [0.5, 0.6) is 11.5 Å². The summed E-state index contributed by atoms with van der Waals surface area (Å²) in [7, 11) is 1.40. The second-order valence-electron chi connectivity index (χ2n) is 12.9. The average molecular weight is 704 g/mol. The molecule has 1 aliphatic heterocycles. The van der Waals surface area contributed by atoms with Crippen LogP contribution in [0.15, 0.2) is 102 Å². The quantitative estimate of drug-likeness (QED) is 0.117. The van der Waals surface area contributed by atoms with Crippen molar-refractivity contribution in [2.45, 2.75) is 45.9 Å². The monoisotopic (exact) mass is 703 g/mol. The van der Waals surface area contributed by atoms with Crippen molar-refractivity contribution in [2.75, 3.05) is 40.0 Å². The number of ether oxygens (including phenoxy) is 4. The molecule has 0 radical (unpaired) electrons. The van der Waals surface area contributed by atoms with Crippen molar-refractivity contribution < 1.29 is 33.1 Å². The third-order valence-electron chi connectivity index (χ3n) is 9.05. The number of rotatable bonds is 14. The SMILES string of the molecule is CCNC(=O)c1noc(-c2cc(C(C)C)c(OCc3ccccc3)cc2OCc2ccccc2)c1-c1ccc(C(C(=O)OC)N2CCOCC2)cc1. The minimum atomic E-state index is -0.595. The molecule has 5 aromatic rings. The average Bonchev–Trinajstić information content (AvgIpc) is 3.63. The van der Waals surface area contributed by atoms with E-state index < -0.39 is 6.04 Å². The highest BCUT2D eigenvalue weighted by Gasteiger charge is 2.32. The number of morpholine rings is 1. The number of carbonyl (C=O) groups is 2. The predicted octanol–water partition coefficient (Wildman–Crippen LogP) is 7.59. The Morgan fingerprint density at radius 1 is 0.846 bits per heavy atom. The summed E-state index contributed by atoms with van der Waals surface area (Å²) in [5.41, 5.74) is 5.73. The lowest BCUT2D eigenvalue weighted by Crippen LogP contribution is -2.42. The number of hydrogen-bond acceptors (Lipinski definition) is 9. The largest absolute Gasteiger partial charge is 0.488 e. The predicted molar refractivity (Wildman–Crippen MR) is 198 cm³/mol. The number of benzene rings is 4. The summed E-state index contributed by atoms with van der Waals surface area (Å²) in [6.45, 7) is 9.43. The number of aromatic nitrogens is 1. The fourth-order valence-corrected chi connectivity index (χ4v) is 6.34. The number of nitrogens with one attached hydrogen (secondary N) is 1. The summed E-state index contributed by atoms with van der Waals surface area (Å²) in [6, 6.07) is 30.8. The summed E-state index contributed by atoms with van der Waals surface area (Å²) in [5, 5.41) is 7.19. The van der Waals surface area contributed by atoms with Crippen molar-refractivity contribution in [1.29, 1.82) is 0 Å². The lowest BCUT2D eigenvalue weighted by molar-refractivity contribution is -0.149. The van der Waals surface area contributed by atoms with E-state index in [0.717, 1.165) is 22.3 Å². The lowest BCUT2D eigenvalue weighted by atomic mass is 9.93. The number of carbonyl (C=O) groups excluding carboxylic acids is 2. The molecule has 1 aliphatic rings. The molecule has 0 saturated carbocycles. The van der Waals surface area contributed by atoms with Gasteiger partial charge in [0, 0.05) is 25.7 Å². The fraction of sp³-hybridized carbons (Fsp3) is 0.310. The van der Waals surface area contributed by atoms with Crippen LogP contribution in [0.2, 0.25) is 0 Å². The molecule has 1 saturated heterocycles. The van der Waals surface area contributed by atoms with E-state index in [0.29, 0.717) is 80.0 Å². The maximum absolute atomic E-state index is 13.5. The summed E-state index contributed by atoms with van der Waals surface area (Å²) >= 11 is 0. The molecule has 1 fully saturated rings. The van der Waals surface area contributed by atoms with Gasteiger partial charge in [0.05, 0.1) is 31.5 Å². The first-order chi connectivity index (χ1) is 25.4. The molecule has 0 spiro atoms. The maximum Gasteiger partial charge on any atom is 0.327 e. The first-order valence-corrected chi connectivity index (χ1v) is 17.7. The van der Waals surface area contributed by atoms with Crippen molar-refractivity contribution in [3.63, 3.8) is 0 Å². The minimum Gasteiger partial charge on any atom is -0.488 e. The van der Waals surface area contributed by atoms with E-state index >= 15 is 0 Å². The smallest absolute Gasteiger partial charge is 0.327 e. The van der Waals surface area contributed by atoms with Crippen LogP contribution in [0.4, 0.5) is 0 Å². The van der Waals surface area contributed by atoms with Gasteiger partial charge in [-0.05, 0) is 46.7 Å². The molecule has 10 heteroatoms. The number of hydrogen-bond donors (Lipinski definition) is 1. The van der Waals surface area contributed by atoms with Gasteiger partial charge in [0.1, 0.15) is 30.8 Å². The van der Waals surface area contributed by atoms with E-state index in [1.807, 2.05) is 104 Å². The maximum atomic E-state index is 13.5. The van der Waals surface area contributed by atoms with E-state index in [9.17, 15) is 9.59 Å². The highest BCUT2D eigenvalue weighted by atomic mass is 16.5. The van der Waals surface area contributed by atoms with Gasteiger partial charge in [-0.3, -0.25) is 9.69 Å². The van der Waals surface area contributed by atoms with Crippen LogP contribution in [0.1, 0.15) is 65.5 Å². The van der Waals surface area contributed by atoms with Gasteiger partial charge in [-0.2, -0.15) is 0 Å². The number of esters is 1. The van der Waals surface area contributed by atoms with E-state index in [-0.39, 0.29) is 23.5 Å². The zero-order chi connectivity index (χ0) is 36.5. The third kappa shape index (κ3) is 8.36. The van der Waals surface area contributed by atoms with Crippen molar-refractivity contribution in [1.82, 2.24) is 15.4 Å². The summed E-state index contributed by atoms with van der Waals surface area (Å²) in [6.07, 6.45) is 0. The van der Waals surface area contributed by atoms with Gasteiger partial charge < -0.3 is 28.8 Å². The summed E-state index contributed by atoms with van der Waals surface area (Å²) < 4.78 is 29.8. The first-order valence-electron chi connectivity index (χ1n) is 17.7. The molecule has 4 aromatic carbocycles. The number of nitrogens with zero attached hydrogens (tertiary/aromatic N) is 2. The standard InChI is InChI=1S/C42H45N3O7/c1-5-43-41(46)38-37(31-16-18-32(19-17-31)39(42(47)48-4)45-20-22-49-23-21-45)40(52-44-38)34-24-33(28(2)3)35(50-26-29-12-8-6-9-13-29)25-36(34)51-27-30-14-10-7-11-15-30/h6-19,24-25,28,39H,5,20-23,26-27H2,1-4H3,(H,43,46). The minimum absolute atomic E-state index is 0.0802. The molecular weight excluding hydrogens is 658 g/mol. The lowest BCUT2D eigenvalue weighted by Gasteiger charge is -2.32. The highest BCUT2D eigenvalue weighted by Crippen LogP contribution is 2.44. The summed E-state index contributed by atoms with van der Waals surface area (Å²) in [4.78, 5) is 28.5. The molecule has 2 heterocycles. The number of methoxy groups -OCH3 is 1. The van der Waals surface area contributed by atoms with Gasteiger partial charge in [0.2, 0.25) is 0 Å². The Bertz CT molecular complexity index is 1940. The molecule has 1 N–H and O–H groups in total. The van der Waals surface area contributed by atoms with Gasteiger partial charge in [0.15, 0.2) is 11.5 Å². The van der Waals surface area contributed by atoms with Gasteiger partial charge in [-0.15, -0.1) is 0 Å². The van der Waals surface area contributed by atoms with Crippen LogP contribution < -0.4 is 14.8 Å². The Balaban J connectivity index is 1.46. The fourth-order valence-electron chi connectivity index (χ4n) is 6.34. The summed E-state index contributed by atoms with van der Waals surface area (Å²) in [5.74, 6) is 0.959. The molecule has 0 bridgehead atoms. The van der Waals surface area contributed by atoms with E-state index in [4.69, 9.17) is 23.5 Å². The molecule has 6 rings (SSSR count). The topological polar surface area (TPSA) is 112 Å². The second-order valence-corrected chi connectivity index (χ2v) is 12.9. The Kier molecular flexibility index (Phi) is 12.0. The first kappa shape index (κ1) is 36.3. The highest BCUT2D eigenvalue weighted by molar-refractivity contribution is 6.02. The molecule has 1 amide bonds. The van der Waals surface area contributed by atoms with Gasteiger partial charge >= 0.3 is 5.97 Å². The van der Waals surface area contributed by atoms with Gasteiger partial charge in [-0.25, -0.2) is 4.79 Å². The zero-order valence-electron chi connectivity index (χ0n) is 30.1. The van der Waals surface area contributed by atoms with Crippen LogP contribution in [0, 0.1) is 0 Å². The van der Waals surface area contributed by atoms with E-state index in [1.165, 1.54) is 7.11 Å². The normalized spacial score (nSPS) is 13.8.